The smallest absolute Gasteiger partial charge is 0.169 e. The van der Waals surface area contributed by atoms with E-state index in [9.17, 15) is 9.50 Å². The largest absolute Gasteiger partial charge is 0.395 e. The maximum atomic E-state index is 15.0. The van der Waals surface area contributed by atoms with Crippen LogP contribution in [0.1, 0.15) is 18.5 Å². The Morgan fingerprint density at radius 2 is 2.07 bits per heavy atom. The summed E-state index contributed by atoms with van der Waals surface area (Å²) in [5.74, 6) is 0.127. The number of piperazine rings is 1. The Balaban J connectivity index is 1.74. The maximum absolute atomic E-state index is 15.0. The van der Waals surface area contributed by atoms with Crippen molar-refractivity contribution in [1.29, 1.82) is 0 Å². The number of hydrogen-bond acceptors (Lipinski definition) is 6. The second-order valence-electron chi connectivity index (χ2n) is 7.72. The molecule has 2 aromatic heterocycles. The third kappa shape index (κ3) is 2.68. The molecule has 5 heterocycles. The summed E-state index contributed by atoms with van der Waals surface area (Å²) in [5, 5.41) is 14.4. The molecule has 2 atom stereocenters. The summed E-state index contributed by atoms with van der Waals surface area (Å²) in [7, 11) is 0. The first-order valence-electron chi connectivity index (χ1n) is 9.06. The van der Waals surface area contributed by atoms with Crippen LogP contribution in [-0.4, -0.2) is 60.1 Å². The lowest BCUT2D eigenvalue weighted by molar-refractivity contribution is -0.0864. The van der Waals surface area contributed by atoms with Crippen molar-refractivity contribution in [2.24, 2.45) is 0 Å². The lowest BCUT2D eigenvalue weighted by Gasteiger charge is -2.41. The molecule has 0 amide bonds. The molecule has 3 aliphatic heterocycles. The molecule has 0 spiro atoms. The van der Waals surface area contributed by atoms with E-state index >= 15 is 0 Å². The van der Waals surface area contributed by atoms with Crippen LogP contribution >= 0.6 is 27.5 Å². The number of nitrogens with zero attached hydrogens (tertiary/aromatic N) is 3. The molecule has 27 heavy (non-hydrogen) atoms. The average Bonchev–Trinajstić information content (AvgIpc) is 2.97. The van der Waals surface area contributed by atoms with Crippen LogP contribution in [0.3, 0.4) is 0 Å². The van der Waals surface area contributed by atoms with Gasteiger partial charge in [0.05, 0.1) is 35.4 Å². The third-order valence-corrected chi connectivity index (χ3v) is 6.98. The number of fused-ring (bicyclic) bond motifs is 3. The zero-order valence-electron chi connectivity index (χ0n) is 14.5. The summed E-state index contributed by atoms with van der Waals surface area (Å²) >= 11 is 9.50. The molecule has 9 heteroatoms. The molecule has 2 N–H and O–H groups in total. The molecule has 5 rings (SSSR count). The summed E-state index contributed by atoms with van der Waals surface area (Å²) in [6.45, 7) is 2.22. The number of aliphatic hydroxyl groups excluding tert-OH is 1. The van der Waals surface area contributed by atoms with E-state index in [-0.39, 0.29) is 11.8 Å². The zero-order valence-corrected chi connectivity index (χ0v) is 16.9. The fourth-order valence-electron chi connectivity index (χ4n) is 4.40. The number of halogens is 3. The van der Waals surface area contributed by atoms with Crippen molar-refractivity contribution < 1.29 is 14.2 Å². The Hall–Kier alpha value is -1.06. The van der Waals surface area contributed by atoms with E-state index in [1.807, 2.05) is 0 Å². The SMILES string of the molecule is OCC1(c2nc(N3CC4CCC(C3)N4)c3cnc(Cl)c(F)c3c2Br)COC1. The molecule has 144 valence electrons. The van der Waals surface area contributed by atoms with E-state index in [4.69, 9.17) is 21.3 Å². The van der Waals surface area contributed by atoms with Crippen LogP contribution < -0.4 is 10.2 Å². The first kappa shape index (κ1) is 18.0. The van der Waals surface area contributed by atoms with Gasteiger partial charge in [-0.05, 0) is 28.8 Å². The van der Waals surface area contributed by atoms with Crippen molar-refractivity contribution in [3.63, 3.8) is 0 Å². The number of ether oxygens (including phenoxy) is 1. The summed E-state index contributed by atoms with van der Waals surface area (Å²) in [5.41, 5.74) is -0.0115. The van der Waals surface area contributed by atoms with Crippen molar-refractivity contribution in [2.75, 3.05) is 37.8 Å². The first-order valence-corrected chi connectivity index (χ1v) is 10.2. The van der Waals surface area contributed by atoms with E-state index in [0.29, 0.717) is 52.1 Å². The van der Waals surface area contributed by atoms with Crippen LogP contribution in [0, 0.1) is 5.82 Å². The maximum Gasteiger partial charge on any atom is 0.169 e. The molecule has 2 unspecified atom stereocenters. The summed E-state index contributed by atoms with van der Waals surface area (Å²) in [4.78, 5) is 11.1. The molecule has 3 saturated heterocycles. The van der Waals surface area contributed by atoms with Gasteiger partial charge >= 0.3 is 0 Å². The third-order valence-electron chi connectivity index (χ3n) is 5.94. The van der Waals surface area contributed by atoms with E-state index in [1.54, 1.807) is 6.20 Å². The van der Waals surface area contributed by atoms with Crippen LogP contribution in [-0.2, 0) is 10.2 Å². The Kier molecular flexibility index (Phi) is 4.32. The predicted molar refractivity (Wildman–Crippen MR) is 104 cm³/mol. The molecule has 0 saturated carbocycles. The Morgan fingerprint density at radius 3 is 2.67 bits per heavy atom. The van der Waals surface area contributed by atoms with Gasteiger partial charge in [0.15, 0.2) is 11.0 Å². The number of pyridine rings is 2. The van der Waals surface area contributed by atoms with Crippen LogP contribution in [0.4, 0.5) is 10.2 Å². The van der Waals surface area contributed by atoms with Gasteiger partial charge in [0.1, 0.15) is 5.82 Å². The van der Waals surface area contributed by atoms with Gasteiger partial charge in [-0.2, -0.15) is 0 Å². The minimum absolute atomic E-state index is 0.114. The topological polar surface area (TPSA) is 70.5 Å². The van der Waals surface area contributed by atoms with Gasteiger partial charge in [0.25, 0.3) is 0 Å². The fourth-order valence-corrected chi connectivity index (χ4v) is 5.44. The minimum Gasteiger partial charge on any atom is -0.395 e. The molecular weight excluding hydrogens is 439 g/mol. The van der Waals surface area contributed by atoms with Gasteiger partial charge in [-0.25, -0.2) is 14.4 Å². The molecule has 0 aliphatic carbocycles. The molecule has 0 radical (unpaired) electrons. The van der Waals surface area contributed by atoms with Gasteiger partial charge in [-0.15, -0.1) is 0 Å². The van der Waals surface area contributed by atoms with E-state index in [0.717, 1.165) is 25.9 Å². The van der Waals surface area contributed by atoms with Gasteiger partial charge in [-0.3, -0.25) is 0 Å². The fraction of sp³-hybridized carbons (Fsp3) is 0.556. The van der Waals surface area contributed by atoms with E-state index in [1.165, 1.54) is 0 Å². The van der Waals surface area contributed by atoms with Crippen LogP contribution in [0.5, 0.6) is 0 Å². The number of aromatic nitrogens is 2. The average molecular weight is 458 g/mol. The van der Waals surface area contributed by atoms with E-state index < -0.39 is 11.2 Å². The Labute approximate surface area is 169 Å². The van der Waals surface area contributed by atoms with Crippen molar-refractivity contribution in [2.45, 2.75) is 30.3 Å². The number of rotatable bonds is 3. The second kappa shape index (κ2) is 6.49. The summed E-state index contributed by atoms with van der Waals surface area (Å²) in [6.07, 6.45) is 3.86. The van der Waals surface area contributed by atoms with Crippen molar-refractivity contribution >= 4 is 44.1 Å². The lowest BCUT2D eigenvalue weighted by Crippen LogP contribution is -2.52. The normalized spacial score (nSPS) is 26.4. The highest BCUT2D eigenvalue weighted by atomic mass is 79.9. The van der Waals surface area contributed by atoms with Crippen LogP contribution in [0.25, 0.3) is 10.8 Å². The van der Waals surface area contributed by atoms with Crippen LogP contribution in [0.15, 0.2) is 10.7 Å². The highest BCUT2D eigenvalue weighted by Crippen LogP contribution is 2.43. The molecular formula is C18H19BrClFN4O2. The van der Waals surface area contributed by atoms with Gasteiger partial charge in [0.2, 0.25) is 0 Å². The summed E-state index contributed by atoms with van der Waals surface area (Å²) < 4.78 is 20.9. The van der Waals surface area contributed by atoms with E-state index in [2.05, 4.69) is 31.1 Å². The van der Waals surface area contributed by atoms with Gasteiger partial charge < -0.3 is 20.1 Å². The molecule has 3 fully saturated rings. The monoisotopic (exact) mass is 456 g/mol. The molecule has 2 bridgehead atoms. The van der Waals surface area contributed by atoms with Crippen molar-refractivity contribution in [3.8, 4) is 0 Å². The first-order chi connectivity index (χ1) is 13.0. The number of anilines is 1. The van der Waals surface area contributed by atoms with Gasteiger partial charge in [-0.1, -0.05) is 11.6 Å². The predicted octanol–water partition coefficient (Wildman–Crippen LogP) is 2.39. The lowest BCUT2D eigenvalue weighted by atomic mass is 9.82. The number of nitrogens with one attached hydrogen (secondary N) is 1. The van der Waals surface area contributed by atoms with Crippen LogP contribution in [0.2, 0.25) is 5.15 Å². The second-order valence-corrected chi connectivity index (χ2v) is 8.87. The number of hydrogen-bond donors (Lipinski definition) is 2. The molecule has 2 aromatic rings. The number of aliphatic hydroxyl groups is 1. The zero-order chi connectivity index (χ0) is 18.8. The molecule has 6 nitrogen and oxygen atoms in total. The van der Waals surface area contributed by atoms with Crippen molar-refractivity contribution in [3.05, 3.63) is 27.3 Å². The Bertz CT molecular complexity index is 909. The van der Waals surface area contributed by atoms with Crippen molar-refractivity contribution in [1.82, 2.24) is 15.3 Å². The quantitative estimate of drug-likeness (QED) is 0.690. The Morgan fingerprint density at radius 1 is 1.37 bits per heavy atom. The highest BCUT2D eigenvalue weighted by molar-refractivity contribution is 9.10. The summed E-state index contributed by atoms with van der Waals surface area (Å²) in [6, 6.07) is 0.827. The standard InChI is InChI=1S/C18H19BrClFN4O2/c19-13-12-11(3-22-16(20)14(12)21)17(24-15(13)18(6-26)7-27-8-18)25-4-9-1-2-10(5-25)23-9/h3,9-10,23,26H,1-2,4-8H2. The molecule has 0 aromatic carbocycles. The molecule has 3 aliphatic rings. The minimum atomic E-state index is -0.628. The highest BCUT2D eigenvalue weighted by Gasteiger charge is 2.44. The van der Waals surface area contributed by atoms with Gasteiger partial charge in [0, 0.05) is 42.1 Å².